The molecule has 2 amide bonds. The van der Waals surface area contributed by atoms with E-state index in [1.54, 1.807) is 36.2 Å². The molecule has 0 saturated carbocycles. The number of likely N-dealkylation sites (tertiary alicyclic amines) is 1. The van der Waals surface area contributed by atoms with Crippen LogP contribution in [0.1, 0.15) is 41.7 Å². The summed E-state index contributed by atoms with van der Waals surface area (Å²) in [7, 11) is 1.58. The van der Waals surface area contributed by atoms with Gasteiger partial charge in [0.1, 0.15) is 6.04 Å². The van der Waals surface area contributed by atoms with E-state index in [0.717, 1.165) is 24.8 Å². The number of hydrogen-bond donors (Lipinski definition) is 0. The van der Waals surface area contributed by atoms with Crippen molar-refractivity contribution in [3.63, 3.8) is 0 Å². The first kappa shape index (κ1) is 20.2. The molecule has 1 saturated heterocycles. The van der Waals surface area contributed by atoms with Gasteiger partial charge in [-0.05, 0) is 43.5 Å². The van der Waals surface area contributed by atoms with Crippen LogP contribution in [0.3, 0.4) is 0 Å². The molecule has 4 rings (SSSR count). The number of likely N-dealkylation sites (N-methyl/N-ethyl adjacent to an activating group) is 1. The number of hydrogen-bond acceptors (Lipinski definition) is 6. The smallest absolute Gasteiger partial charge is 0.289 e. The molecule has 1 unspecified atom stereocenters. The van der Waals surface area contributed by atoms with Crippen LogP contribution in [0.25, 0.3) is 11.4 Å². The fraction of sp³-hybridized carbons (Fsp3) is 0.333. The summed E-state index contributed by atoms with van der Waals surface area (Å²) in [6.45, 7) is 0.506. The first-order chi connectivity index (χ1) is 14.5. The van der Waals surface area contributed by atoms with Crippen molar-refractivity contribution in [3.05, 3.63) is 59.3 Å². The first-order valence-corrected chi connectivity index (χ1v) is 10.1. The van der Waals surface area contributed by atoms with Gasteiger partial charge in [-0.15, -0.1) is 0 Å². The lowest BCUT2D eigenvalue weighted by Crippen LogP contribution is -2.44. The maximum atomic E-state index is 13.0. The third-order valence-corrected chi connectivity index (χ3v) is 5.32. The van der Waals surface area contributed by atoms with Crippen molar-refractivity contribution in [3.8, 4) is 11.4 Å². The highest BCUT2D eigenvalue weighted by atomic mass is 35.5. The molecule has 1 atom stereocenters. The zero-order valence-electron chi connectivity index (χ0n) is 16.5. The van der Waals surface area contributed by atoms with Crippen LogP contribution >= 0.6 is 11.6 Å². The fourth-order valence-corrected chi connectivity index (χ4v) is 3.75. The number of nitrogens with zero attached hydrogens (tertiary/aromatic N) is 4. The van der Waals surface area contributed by atoms with Crippen molar-refractivity contribution >= 4 is 23.4 Å². The Bertz CT molecular complexity index is 1030. The normalized spacial score (nSPS) is 16.5. The monoisotopic (exact) mass is 428 g/mol. The summed E-state index contributed by atoms with van der Waals surface area (Å²) in [6.07, 6.45) is 3.98. The summed E-state index contributed by atoms with van der Waals surface area (Å²) >= 11 is 6.05. The minimum Gasteiger partial charge on any atom is -0.459 e. The molecule has 3 heterocycles. The van der Waals surface area contributed by atoms with Crippen LogP contribution in [0.15, 0.2) is 51.6 Å². The van der Waals surface area contributed by atoms with Crippen LogP contribution in [0.4, 0.5) is 0 Å². The number of carbonyl (C=O) groups excluding carboxylic acids is 2. The van der Waals surface area contributed by atoms with Gasteiger partial charge in [-0.1, -0.05) is 28.9 Å². The Morgan fingerprint density at radius 1 is 1.27 bits per heavy atom. The molecule has 0 radical (unpaired) electrons. The lowest BCUT2D eigenvalue weighted by atomic mass is 10.0. The van der Waals surface area contributed by atoms with Crippen LogP contribution in [0.5, 0.6) is 0 Å². The molecular formula is C21H21ClN4O4. The highest BCUT2D eigenvalue weighted by Crippen LogP contribution is 2.31. The first-order valence-electron chi connectivity index (χ1n) is 9.71. The zero-order valence-corrected chi connectivity index (χ0v) is 17.2. The van der Waals surface area contributed by atoms with Gasteiger partial charge in [0.15, 0.2) is 5.76 Å². The van der Waals surface area contributed by atoms with E-state index in [1.165, 1.54) is 11.2 Å². The van der Waals surface area contributed by atoms with Crippen molar-refractivity contribution in [2.24, 2.45) is 0 Å². The average molecular weight is 429 g/mol. The quantitative estimate of drug-likeness (QED) is 0.613. The van der Waals surface area contributed by atoms with Gasteiger partial charge in [-0.25, -0.2) is 0 Å². The highest BCUT2D eigenvalue weighted by molar-refractivity contribution is 6.30. The Balaban J connectivity index is 1.49. The van der Waals surface area contributed by atoms with E-state index in [4.69, 9.17) is 20.5 Å². The van der Waals surface area contributed by atoms with Crippen molar-refractivity contribution < 1.29 is 18.5 Å². The summed E-state index contributed by atoms with van der Waals surface area (Å²) in [4.78, 5) is 32.9. The number of rotatable bonds is 5. The Labute approximate surface area is 178 Å². The Morgan fingerprint density at radius 3 is 2.90 bits per heavy atom. The van der Waals surface area contributed by atoms with E-state index in [-0.39, 0.29) is 30.2 Å². The van der Waals surface area contributed by atoms with Crippen LogP contribution in [0.2, 0.25) is 5.02 Å². The number of amides is 2. The predicted molar refractivity (Wildman–Crippen MR) is 109 cm³/mol. The van der Waals surface area contributed by atoms with Gasteiger partial charge in [-0.3, -0.25) is 9.59 Å². The summed E-state index contributed by atoms with van der Waals surface area (Å²) in [5.41, 5.74) is 0.745. The minimum absolute atomic E-state index is 0.0642. The Hall–Kier alpha value is -3.13. The second-order valence-corrected chi connectivity index (χ2v) is 7.64. The molecule has 9 heteroatoms. The predicted octanol–water partition coefficient (Wildman–Crippen LogP) is 3.81. The summed E-state index contributed by atoms with van der Waals surface area (Å²) in [5.74, 6) is 0.491. The maximum Gasteiger partial charge on any atom is 0.289 e. The van der Waals surface area contributed by atoms with Gasteiger partial charge >= 0.3 is 0 Å². The second-order valence-electron chi connectivity index (χ2n) is 7.20. The van der Waals surface area contributed by atoms with Gasteiger partial charge in [0.25, 0.3) is 5.91 Å². The molecule has 1 aromatic carbocycles. The van der Waals surface area contributed by atoms with E-state index < -0.39 is 0 Å². The van der Waals surface area contributed by atoms with E-state index in [0.29, 0.717) is 23.3 Å². The average Bonchev–Trinajstić information content (AvgIpc) is 3.45. The molecule has 1 aliphatic heterocycles. The van der Waals surface area contributed by atoms with Crippen LogP contribution in [-0.4, -0.2) is 51.9 Å². The molecule has 0 N–H and O–H groups in total. The Morgan fingerprint density at radius 2 is 2.13 bits per heavy atom. The molecule has 2 aromatic heterocycles. The third-order valence-electron chi connectivity index (χ3n) is 5.08. The van der Waals surface area contributed by atoms with E-state index in [2.05, 4.69) is 10.1 Å². The number of benzene rings is 1. The van der Waals surface area contributed by atoms with Crippen molar-refractivity contribution in [2.45, 2.75) is 25.3 Å². The number of piperidine rings is 1. The van der Waals surface area contributed by atoms with E-state index in [1.807, 2.05) is 12.1 Å². The molecule has 1 fully saturated rings. The molecule has 0 spiro atoms. The van der Waals surface area contributed by atoms with Crippen molar-refractivity contribution in [1.29, 1.82) is 0 Å². The maximum absolute atomic E-state index is 13.0. The largest absolute Gasteiger partial charge is 0.459 e. The molecular weight excluding hydrogens is 408 g/mol. The SMILES string of the molecule is CN(CC(=O)N1CCCCC1c1nc(-c2cccc(Cl)c2)no1)C(=O)c1ccco1. The lowest BCUT2D eigenvalue weighted by molar-refractivity contribution is -0.136. The lowest BCUT2D eigenvalue weighted by Gasteiger charge is -2.34. The fourth-order valence-electron chi connectivity index (χ4n) is 3.56. The van der Waals surface area contributed by atoms with Gasteiger partial charge in [0.05, 0.1) is 12.8 Å². The third kappa shape index (κ3) is 4.23. The summed E-state index contributed by atoms with van der Waals surface area (Å²) < 4.78 is 10.6. The molecule has 156 valence electrons. The van der Waals surface area contributed by atoms with Crippen LogP contribution in [0, 0.1) is 0 Å². The molecule has 30 heavy (non-hydrogen) atoms. The Kier molecular flexibility index (Phi) is 5.85. The number of carbonyl (C=O) groups is 2. The van der Waals surface area contributed by atoms with Crippen LogP contribution in [-0.2, 0) is 4.79 Å². The second kappa shape index (κ2) is 8.71. The minimum atomic E-state index is -0.344. The molecule has 8 nitrogen and oxygen atoms in total. The highest BCUT2D eigenvalue weighted by Gasteiger charge is 2.33. The molecule has 0 aliphatic carbocycles. The van der Waals surface area contributed by atoms with Crippen molar-refractivity contribution in [2.75, 3.05) is 20.1 Å². The topological polar surface area (TPSA) is 92.7 Å². The van der Waals surface area contributed by atoms with Gasteiger partial charge in [-0.2, -0.15) is 4.98 Å². The number of aromatic nitrogens is 2. The zero-order chi connectivity index (χ0) is 21.1. The standard InChI is InChI=1S/C21H21ClN4O4/c1-25(21(28)17-9-5-11-29-17)13-18(27)26-10-3-2-8-16(26)20-23-19(24-30-20)14-6-4-7-15(22)12-14/h4-7,9,11-12,16H,2-3,8,10,13H2,1H3. The van der Waals surface area contributed by atoms with E-state index >= 15 is 0 Å². The summed E-state index contributed by atoms with van der Waals surface area (Å²) in [5, 5.41) is 4.64. The van der Waals surface area contributed by atoms with E-state index in [9.17, 15) is 9.59 Å². The van der Waals surface area contributed by atoms with Gasteiger partial charge in [0, 0.05) is 24.2 Å². The van der Waals surface area contributed by atoms with Crippen molar-refractivity contribution in [1.82, 2.24) is 19.9 Å². The number of halogens is 1. The molecule has 1 aliphatic rings. The van der Waals surface area contributed by atoms with Gasteiger partial charge in [0.2, 0.25) is 17.6 Å². The van der Waals surface area contributed by atoms with Gasteiger partial charge < -0.3 is 18.7 Å². The molecule has 3 aromatic rings. The van der Waals surface area contributed by atoms with Crippen LogP contribution < -0.4 is 0 Å². The number of furan rings is 1. The summed E-state index contributed by atoms with van der Waals surface area (Å²) in [6, 6.07) is 10.1. The molecule has 0 bridgehead atoms.